The number of halogens is 1. The Morgan fingerprint density at radius 1 is 1.46 bits per heavy atom. The number of piperazine rings is 1. The average Bonchev–Trinajstić information content (AvgIpc) is 2.59. The molecule has 2 aromatic rings. The van der Waals surface area contributed by atoms with Crippen LogP contribution >= 0.6 is 11.6 Å². The first-order valence-corrected chi connectivity index (χ1v) is 8.42. The maximum Gasteiger partial charge on any atom is 0.238 e. The number of rotatable bonds is 4. The average molecular weight is 345 g/mol. The predicted octanol–water partition coefficient (Wildman–Crippen LogP) is 2.63. The molecular weight excluding hydrogens is 324 g/mol. The summed E-state index contributed by atoms with van der Waals surface area (Å²) < 4.78 is 0. The van der Waals surface area contributed by atoms with Crippen LogP contribution in [0.1, 0.15) is 17.2 Å². The van der Waals surface area contributed by atoms with Crippen LogP contribution in [0.3, 0.4) is 0 Å². The smallest absolute Gasteiger partial charge is 0.238 e. The summed E-state index contributed by atoms with van der Waals surface area (Å²) in [7, 11) is 0. The van der Waals surface area contributed by atoms with Gasteiger partial charge < -0.3 is 10.6 Å². The Balaban J connectivity index is 1.66. The second-order valence-corrected chi connectivity index (χ2v) is 6.40. The van der Waals surface area contributed by atoms with Crippen LogP contribution in [-0.2, 0) is 4.79 Å². The number of aromatic nitrogens is 1. The number of amides is 1. The molecule has 24 heavy (non-hydrogen) atoms. The fourth-order valence-electron chi connectivity index (χ4n) is 2.89. The lowest BCUT2D eigenvalue weighted by molar-refractivity contribution is -0.118. The minimum atomic E-state index is -0.0364. The van der Waals surface area contributed by atoms with Crippen molar-refractivity contribution in [1.82, 2.24) is 15.2 Å². The van der Waals surface area contributed by atoms with Crippen LogP contribution in [0.2, 0.25) is 5.02 Å². The van der Waals surface area contributed by atoms with Crippen LogP contribution in [0.25, 0.3) is 0 Å². The lowest BCUT2D eigenvalue weighted by atomic mass is 10.1. The van der Waals surface area contributed by atoms with Gasteiger partial charge in [0.15, 0.2) is 0 Å². The van der Waals surface area contributed by atoms with Gasteiger partial charge in [0.1, 0.15) is 0 Å². The van der Waals surface area contributed by atoms with Gasteiger partial charge in [0.05, 0.1) is 6.54 Å². The summed E-state index contributed by atoms with van der Waals surface area (Å²) in [6.07, 6.45) is 3.63. The molecule has 1 saturated heterocycles. The van der Waals surface area contributed by atoms with E-state index in [1.54, 1.807) is 12.3 Å². The number of nitrogens with zero attached hydrogens (tertiary/aromatic N) is 2. The van der Waals surface area contributed by atoms with Gasteiger partial charge in [0.25, 0.3) is 0 Å². The second-order valence-electron chi connectivity index (χ2n) is 5.99. The molecule has 0 bridgehead atoms. The minimum absolute atomic E-state index is 0.0364. The molecule has 5 nitrogen and oxygen atoms in total. The van der Waals surface area contributed by atoms with E-state index in [0.717, 1.165) is 36.4 Å². The molecule has 2 N–H and O–H groups in total. The zero-order valence-corrected chi connectivity index (χ0v) is 14.4. The molecule has 1 aromatic carbocycles. The molecule has 1 unspecified atom stereocenters. The Kier molecular flexibility index (Phi) is 5.45. The zero-order chi connectivity index (χ0) is 16.9. The van der Waals surface area contributed by atoms with Crippen molar-refractivity contribution in [2.75, 3.05) is 31.5 Å². The van der Waals surface area contributed by atoms with Crippen molar-refractivity contribution in [3.05, 3.63) is 58.9 Å². The Morgan fingerprint density at radius 3 is 3.08 bits per heavy atom. The highest BCUT2D eigenvalue weighted by atomic mass is 35.5. The van der Waals surface area contributed by atoms with E-state index in [4.69, 9.17) is 11.6 Å². The van der Waals surface area contributed by atoms with E-state index in [0.29, 0.717) is 11.6 Å². The third kappa shape index (κ3) is 4.12. The summed E-state index contributed by atoms with van der Waals surface area (Å²) in [5.74, 6) is -0.0364. The highest BCUT2D eigenvalue weighted by Gasteiger charge is 2.25. The SMILES string of the molecule is Cc1ccc(NC(=O)CN2CCNCC2c2cccnc2)cc1Cl. The zero-order valence-electron chi connectivity index (χ0n) is 13.6. The van der Waals surface area contributed by atoms with Crippen molar-refractivity contribution in [1.29, 1.82) is 0 Å². The molecule has 1 amide bonds. The van der Waals surface area contributed by atoms with Gasteiger partial charge in [-0.1, -0.05) is 23.7 Å². The number of pyridine rings is 1. The van der Waals surface area contributed by atoms with Crippen LogP contribution in [0.4, 0.5) is 5.69 Å². The highest BCUT2D eigenvalue weighted by molar-refractivity contribution is 6.31. The van der Waals surface area contributed by atoms with Crippen LogP contribution in [0, 0.1) is 6.92 Å². The van der Waals surface area contributed by atoms with Gasteiger partial charge in [-0.15, -0.1) is 0 Å². The summed E-state index contributed by atoms with van der Waals surface area (Å²) >= 11 is 6.12. The van der Waals surface area contributed by atoms with E-state index < -0.39 is 0 Å². The summed E-state index contributed by atoms with van der Waals surface area (Å²) in [4.78, 5) is 18.8. The number of hydrogen-bond donors (Lipinski definition) is 2. The number of carbonyl (C=O) groups is 1. The molecule has 1 aliphatic heterocycles. The van der Waals surface area contributed by atoms with Crippen molar-refractivity contribution in [2.45, 2.75) is 13.0 Å². The number of carbonyl (C=O) groups excluding carboxylic acids is 1. The van der Waals surface area contributed by atoms with Crippen molar-refractivity contribution in [3.63, 3.8) is 0 Å². The Hall–Kier alpha value is -1.95. The number of benzene rings is 1. The van der Waals surface area contributed by atoms with E-state index in [2.05, 4.69) is 26.6 Å². The van der Waals surface area contributed by atoms with Crippen molar-refractivity contribution in [2.24, 2.45) is 0 Å². The van der Waals surface area contributed by atoms with Crippen LogP contribution < -0.4 is 10.6 Å². The van der Waals surface area contributed by atoms with Gasteiger partial charge in [0.2, 0.25) is 5.91 Å². The Morgan fingerprint density at radius 2 is 2.33 bits per heavy atom. The van der Waals surface area contributed by atoms with E-state index in [1.807, 2.05) is 31.3 Å². The van der Waals surface area contributed by atoms with Crippen LogP contribution in [0.15, 0.2) is 42.7 Å². The lowest BCUT2D eigenvalue weighted by Crippen LogP contribution is -2.48. The van der Waals surface area contributed by atoms with Gasteiger partial charge in [-0.2, -0.15) is 0 Å². The molecule has 0 saturated carbocycles. The normalized spacial score (nSPS) is 18.3. The molecule has 2 heterocycles. The highest BCUT2D eigenvalue weighted by Crippen LogP contribution is 2.22. The first kappa shape index (κ1) is 16.9. The summed E-state index contributed by atoms with van der Waals surface area (Å²) in [6.45, 7) is 4.79. The third-order valence-corrected chi connectivity index (χ3v) is 4.63. The standard InChI is InChI=1S/C18H21ClN4O/c1-13-4-5-15(9-16(13)19)22-18(24)12-23-8-7-21-11-17(23)14-3-2-6-20-10-14/h2-6,9-10,17,21H,7-8,11-12H2,1H3,(H,22,24). The maximum atomic E-state index is 12.4. The predicted molar refractivity (Wildman–Crippen MR) is 96.2 cm³/mol. The van der Waals surface area contributed by atoms with Gasteiger partial charge in [-0.3, -0.25) is 14.7 Å². The lowest BCUT2D eigenvalue weighted by Gasteiger charge is -2.35. The maximum absolute atomic E-state index is 12.4. The van der Waals surface area contributed by atoms with E-state index >= 15 is 0 Å². The van der Waals surface area contributed by atoms with Gasteiger partial charge in [0, 0.05) is 48.8 Å². The van der Waals surface area contributed by atoms with E-state index in [1.165, 1.54) is 0 Å². The van der Waals surface area contributed by atoms with Crippen molar-refractivity contribution in [3.8, 4) is 0 Å². The van der Waals surface area contributed by atoms with Crippen LogP contribution in [-0.4, -0.2) is 42.0 Å². The topological polar surface area (TPSA) is 57.3 Å². The first-order valence-electron chi connectivity index (χ1n) is 8.04. The molecule has 3 rings (SSSR count). The minimum Gasteiger partial charge on any atom is -0.325 e. The molecule has 0 spiro atoms. The molecule has 6 heteroatoms. The van der Waals surface area contributed by atoms with Gasteiger partial charge >= 0.3 is 0 Å². The van der Waals surface area contributed by atoms with Gasteiger partial charge in [-0.05, 0) is 36.2 Å². The quantitative estimate of drug-likeness (QED) is 0.895. The molecule has 0 aliphatic carbocycles. The number of anilines is 1. The number of aryl methyl sites for hydroxylation is 1. The van der Waals surface area contributed by atoms with Gasteiger partial charge in [-0.25, -0.2) is 0 Å². The van der Waals surface area contributed by atoms with E-state index in [-0.39, 0.29) is 11.9 Å². The fourth-order valence-corrected chi connectivity index (χ4v) is 3.07. The summed E-state index contributed by atoms with van der Waals surface area (Å²) in [5, 5.41) is 6.97. The fraction of sp³-hybridized carbons (Fsp3) is 0.333. The molecule has 1 fully saturated rings. The van der Waals surface area contributed by atoms with Crippen molar-refractivity contribution < 1.29 is 4.79 Å². The second kappa shape index (κ2) is 7.75. The molecule has 0 radical (unpaired) electrons. The molecule has 1 aliphatic rings. The summed E-state index contributed by atoms with van der Waals surface area (Å²) in [5.41, 5.74) is 2.84. The largest absolute Gasteiger partial charge is 0.325 e. The Bertz CT molecular complexity index is 707. The summed E-state index contributed by atoms with van der Waals surface area (Å²) in [6, 6.07) is 9.69. The molecule has 1 aromatic heterocycles. The molecule has 126 valence electrons. The van der Waals surface area contributed by atoms with E-state index in [9.17, 15) is 4.79 Å². The van der Waals surface area contributed by atoms with Crippen LogP contribution in [0.5, 0.6) is 0 Å². The number of hydrogen-bond acceptors (Lipinski definition) is 4. The van der Waals surface area contributed by atoms with Crippen molar-refractivity contribution >= 4 is 23.2 Å². The first-order chi connectivity index (χ1) is 11.6. The molecule has 1 atom stereocenters. The molecular formula is C18H21ClN4O. The number of nitrogens with one attached hydrogen (secondary N) is 2. The monoisotopic (exact) mass is 344 g/mol. The third-order valence-electron chi connectivity index (χ3n) is 4.23. The Labute approximate surface area is 147 Å².